The molecule has 3 N–H and O–H groups in total. The van der Waals surface area contributed by atoms with Crippen LogP contribution in [0.1, 0.15) is 41.2 Å². The number of amides is 2. The summed E-state index contributed by atoms with van der Waals surface area (Å²) in [5.74, 6) is 0.438. The second-order valence-electron chi connectivity index (χ2n) is 9.30. The average Bonchev–Trinajstić information content (AvgIpc) is 3.37. The molecule has 1 saturated heterocycles. The minimum absolute atomic E-state index is 0.101. The first-order valence-corrected chi connectivity index (χ1v) is 12.6. The van der Waals surface area contributed by atoms with Gasteiger partial charge in [-0.15, -0.1) is 0 Å². The second-order valence-corrected chi connectivity index (χ2v) is 9.30. The number of nitrogens with one attached hydrogen (secondary N) is 1. The number of carbonyl (C=O) groups is 2. The molecule has 0 spiro atoms. The summed E-state index contributed by atoms with van der Waals surface area (Å²) in [4.78, 5) is 35.4. The first-order valence-electron chi connectivity index (χ1n) is 12.6. The summed E-state index contributed by atoms with van der Waals surface area (Å²) < 4.78 is 7.11. The van der Waals surface area contributed by atoms with E-state index in [1.54, 1.807) is 23.1 Å². The lowest BCUT2D eigenvalue weighted by molar-refractivity contribution is -0.131. The number of hydrogen-bond donors (Lipinski definition) is 2. The number of ether oxygens (including phenoxy) is 1. The fraction of sp³-hybridized carbons (Fsp3) is 0.286. The number of carbonyl (C=O) groups excluding carboxylic acids is 2. The number of nitrogens with zero attached hydrogens (tertiary/aromatic N) is 6. The zero-order valence-corrected chi connectivity index (χ0v) is 21.5. The van der Waals surface area contributed by atoms with Crippen LogP contribution in [0.5, 0.6) is 5.75 Å². The van der Waals surface area contributed by atoms with Crippen LogP contribution in [0.25, 0.3) is 22.3 Å². The zero-order chi connectivity index (χ0) is 27.4. The molecule has 198 valence electrons. The fourth-order valence-electron chi connectivity index (χ4n) is 4.90. The van der Waals surface area contributed by atoms with Crippen molar-refractivity contribution >= 4 is 28.7 Å². The van der Waals surface area contributed by atoms with E-state index in [9.17, 15) is 9.59 Å². The summed E-state index contributed by atoms with van der Waals surface area (Å²) in [5, 5.41) is 17.4. The van der Waals surface area contributed by atoms with E-state index < -0.39 is 0 Å². The number of rotatable bonds is 7. The molecule has 4 aromatic rings. The summed E-state index contributed by atoms with van der Waals surface area (Å²) >= 11 is 0. The zero-order valence-electron chi connectivity index (χ0n) is 21.5. The van der Waals surface area contributed by atoms with Crippen LogP contribution in [-0.2, 0) is 11.3 Å². The Kier molecular flexibility index (Phi) is 7.36. The Balaban J connectivity index is 1.38. The minimum atomic E-state index is -0.221. The van der Waals surface area contributed by atoms with Gasteiger partial charge in [0, 0.05) is 25.2 Å². The van der Waals surface area contributed by atoms with Crippen LogP contribution in [0.3, 0.4) is 0 Å². The summed E-state index contributed by atoms with van der Waals surface area (Å²) in [6.07, 6.45) is 2.89. The Morgan fingerprint density at radius 2 is 1.97 bits per heavy atom. The highest BCUT2D eigenvalue weighted by Gasteiger charge is 2.28. The molecule has 0 unspecified atom stereocenters. The monoisotopic (exact) mass is 524 g/mol. The molecule has 1 aliphatic rings. The predicted octanol–water partition coefficient (Wildman–Crippen LogP) is 3.09. The Hall–Kier alpha value is -4.98. The van der Waals surface area contributed by atoms with Crippen LogP contribution in [-0.4, -0.2) is 56.7 Å². The molecule has 0 aliphatic carbocycles. The van der Waals surface area contributed by atoms with Crippen molar-refractivity contribution in [3.63, 3.8) is 0 Å². The molecule has 1 fully saturated rings. The van der Waals surface area contributed by atoms with Gasteiger partial charge in [0.25, 0.3) is 5.91 Å². The van der Waals surface area contributed by atoms with Gasteiger partial charge in [0.05, 0.1) is 30.2 Å². The van der Waals surface area contributed by atoms with E-state index >= 15 is 0 Å². The first-order chi connectivity index (χ1) is 19.0. The van der Waals surface area contributed by atoms with Gasteiger partial charge in [-0.3, -0.25) is 9.59 Å². The van der Waals surface area contributed by atoms with E-state index in [0.29, 0.717) is 53.5 Å². The van der Waals surface area contributed by atoms with Crippen LogP contribution in [0.15, 0.2) is 54.9 Å². The molecule has 0 bridgehead atoms. The number of fused-ring (bicyclic) bond motifs is 1. The van der Waals surface area contributed by atoms with E-state index in [2.05, 4.69) is 15.3 Å². The Morgan fingerprint density at radius 1 is 1.18 bits per heavy atom. The number of hydrogen-bond acceptors (Lipinski definition) is 8. The standard InChI is InChI=1S/C28H28N8O3/c1-39-22-7-3-2-6-21(22)28(38)31-15-18-8-10-19(11-9-18)25-24-26(30)32-17-33-27(24)36(34-25)20-5-4-14-35(16-20)23(37)12-13-29/h2-3,6-11,17,20H,4-5,12,14-16H2,1H3,(H,31,38)(H2,30,32,33)/t20-/m1/s1. The summed E-state index contributed by atoms with van der Waals surface area (Å²) in [6, 6.07) is 16.6. The molecule has 2 amide bonds. The van der Waals surface area contributed by atoms with Crippen LogP contribution in [0, 0.1) is 11.3 Å². The van der Waals surface area contributed by atoms with E-state index in [4.69, 9.17) is 20.8 Å². The summed E-state index contributed by atoms with van der Waals surface area (Å²) in [5.41, 5.74) is 9.74. The largest absolute Gasteiger partial charge is 0.496 e. The number of nitrogens with two attached hydrogens (primary N) is 1. The van der Waals surface area contributed by atoms with Gasteiger partial charge in [-0.05, 0) is 30.5 Å². The third-order valence-corrected chi connectivity index (χ3v) is 6.88. The number of likely N-dealkylation sites (tertiary alicyclic amines) is 1. The minimum Gasteiger partial charge on any atom is -0.496 e. The maximum Gasteiger partial charge on any atom is 0.255 e. The van der Waals surface area contributed by atoms with Crippen molar-refractivity contribution in [3.8, 4) is 23.1 Å². The summed E-state index contributed by atoms with van der Waals surface area (Å²) in [7, 11) is 1.53. The van der Waals surface area contributed by atoms with Crippen LogP contribution in [0.4, 0.5) is 5.82 Å². The molecule has 11 nitrogen and oxygen atoms in total. The molecule has 2 aromatic heterocycles. The van der Waals surface area contributed by atoms with E-state index in [-0.39, 0.29) is 24.3 Å². The summed E-state index contributed by atoms with van der Waals surface area (Å²) in [6.45, 7) is 1.41. The molecule has 3 heterocycles. The van der Waals surface area contributed by atoms with Crippen molar-refractivity contribution < 1.29 is 14.3 Å². The third-order valence-electron chi connectivity index (χ3n) is 6.88. The Morgan fingerprint density at radius 3 is 2.74 bits per heavy atom. The van der Waals surface area contributed by atoms with Crippen LogP contribution < -0.4 is 15.8 Å². The normalized spacial score (nSPS) is 15.1. The lowest BCUT2D eigenvalue weighted by atomic mass is 10.1. The highest BCUT2D eigenvalue weighted by atomic mass is 16.5. The molecule has 1 aliphatic heterocycles. The van der Waals surface area contributed by atoms with Crippen LogP contribution >= 0.6 is 0 Å². The van der Waals surface area contributed by atoms with Gasteiger partial charge >= 0.3 is 0 Å². The van der Waals surface area contributed by atoms with Gasteiger partial charge in [0.1, 0.15) is 30.0 Å². The fourth-order valence-corrected chi connectivity index (χ4v) is 4.90. The third kappa shape index (κ3) is 5.22. The highest BCUT2D eigenvalue weighted by Crippen LogP contribution is 2.34. The molecule has 11 heteroatoms. The molecular weight excluding hydrogens is 496 g/mol. The highest BCUT2D eigenvalue weighted by molar-refractivity contribution is 5.98. The first kappa shape index (κ1) is 25.7. The molecule has 39 heavy (non-hydrogen) atoms. The maximum absolute atomic E-state index is 12.7. The number of piperidine rings is 1. The van der Waals surface area contributed by atoms with Gasteiger partial charge < -0.3 is 20.7 Å². The number of aromatic nitrogens is 4. The quantitative estimate of drug-likeness (QED) is 0.374. The molecule has 0 radical (unpaired) electrons. The number of nitrogen functional groups attached to an aromatic ring is 1. The lowest BCUT2D eigenvalue weighted by Gasteiger charge is -2.32. The maximum atomic E-state index is 12.7. The molecule has 0 saturated carbocycles. The molecule has 1 atom stereocenters. The number of methoxy groups -OCH3 is 1. The van der Waals surface area contributed by atoms with E-state index in [1.807, 2.05) is 41.1 Å². The van der Waals surface area contributed by atoms with Gasteiger partial charge in [-0.25, -0.2) is 14.6 Å². The van der Waals surface area contributed by atoms with Crippen molar-refractivity contribution in [2.45, 2.75) is 31.8 Å². The van der Waals surface area contributed by atoms with Gasteiger partial charge in [0.15, 0.2) is 5.65 Å². The number of benzene rings is 2. The van der Waals surface area contributed by atoms with Crippen molar-refractivity contribution in [1.82, 2.24) is 30.0 Å². The second kappa shape index (κ2) is 11.2. The van der Waals surface area contributed by atoms with Gasteiger partial charge in [-0.1, -0.05) is 36.4 Å². The predicted molar refractivity (Wildman–Crippen MR) is 144 cm³/mol. The number of anilines is 1. The van der Waals surface area contributed by atoms with Crippen LogP contribution in [0.2, 0.25) is 0 Å². The molecule has 2 aromatic carbocycles. The SMILES string of the molecule is COc1ccccc1C(=O)NCc1ccc(-c2nn([C@@H]3CCCN(C(=O)CC#N)C3)c3ncnc(N)c23)cc1. The van der Waals surface area contributed by atoms with Crippen molar-refractivity contribution in [1.29, 1.82) is 5.26 Å². The van der Waals surface area contributed by atoms with Crippen molar-refractivity contribution in [3.05, 3.63) is 66.0 Å². The van der Waals surface area contributed by atoms with Gasteiger partial charge in [-0.2, -0.15) is 10.4 Å². The number of para-hydroxylation sites is 1. The molecular formula is C28H28N8O3. The Bertz CT molecular complexity index is 1560. The smallest absolute Gasteiger partial charge is 0.255 e. The van der Waals surface area contributed by atoms with Crippen molar-refractivity contribution in [2.75, 3.05) is 25.9 Å². The van der Waals surface area contributed by atoms with Gasteiger partial charge in [0.2, 0.25) is 5.91 Å². The van der Waals surface area contributed by atoms with E-state index in [0.717, 1.165) is 24.0 Å². The van der Waals surface area contributed by atoms with Crippen molar-refractivity contribution in [2.24, 2.45) is 0 Å². The Labute approximate surface area is 225 Å². The molecule has 5 rings (SSSR count). The average molecular weight is 525 g/mol. The topological polar surface area (TPSA) is 152 Å². The number of nitriles is 1. The lowest BCUT2D eigenvalue weighted by Crippen LogP contribution is -2.40. The van der Waals surface area contributed by atoms with E-state index in [1.165, 1.54) is 13.4 Å².